The predicted molar refractivity (Wildman–Crippen MR) is 88.7 cm³/mol. The SMILES string of the molecule is CCCC(=O)Nc1ccc(N(CC)Cc2ccccc2)nn1. The predicted octanol–water partition coefficient (Wildman–Crippen LogP) is 3.24. The van der Waals surface area contributed by atoms with Crippen molar-refractivity contribution in [1.29, 1.82) is 0 Å². The zero-order valence-electron chi connectivity index (χ0n) is 13.1. The lowest BCUT2D eigenvalue weighted by Gasteiger charge is -2.21. The average Bonchev–Trinajstić information content (AvgIpc) is 2.55. The lowest BCUT2D eigenvalue weighted by Crippen LogP contribution is -2.23. The summed E-state index contributed by atoms with van der Waals surface area (Å²) in [5.74, 6) is 1.28. The van der Waals surface area contributed by atoms with Crippen LogP contribution in [-0.2, 0) is 11.3 Å². The maximum absolute atomic E-state index is 11.5. The lowest BCUT2D eigenvalue weighted by molar-refractivity contribution is -0.116. The number of hydrogen-bond donors (Lipinski definition) is 1. The molecule has 0 atom stereocenters. The monoisotopic (exact) mass is 298 g/mol. The molecule has 0 aliphatic heterocycles. The summed E-state index contributed by atoms with van der Waals surface area (Å²) in [4.78, 5) is 13.7. The van der Waals surface area contributed by atoms with Gasteiger partial charge in [0.15, 0.2) is 11.6 Å². The molecule has 0 spiro atoms. The van der Waals surface area contributed by atoms with Crippen LogP contribution in [0, 0.1) is 0 Å². The fourth-order valence-electron chi connectivity index (χ4n) is 2.15. The second-order valence-electron chi connectivity index (χ2n) is 5.07. The number of benzene rings is 1. The van der Waals surface area contributed by atoms with Gasteiger partial charge in [-0.25, -0.2) is 0 Å². The first kappa shape index (κ1) is 15.9. The number of carbonyl (C=O) groups is 1. The van der Waals surface area contributed by atoms with Gasteiger partial charge in [0.25, 0.3) is 0 Å². The summed E-state index contributed by atoms with van der Waals surface area (Å²) >= 11 is 0. The summed E-state index contributed by atoms with van der Waals surface area (Å²) in [6.45, 7) is 5.68. The Labute approximate surface area is 131 Å². The van der Waals surface area contributed by atoms with Gasteiger partial charge in [-0.1, -0.05) is 37.3 Å². The van der Waals surface area contributed by atoms with Crippen LogP contribution in [0.1, 0.15) is 32.3 Å². The lowest BCUT2D eigenvalue weighted by atomic mass is 10.2. The average molecular weight is 298 g/mol. The van der Waals surface area contributed by atoms with E-state index in [0.717, 1.165) is 25.3 Å². The molecule has 0 aliphatic carbocycles. The van der Waals surface area contributed by atoms with Gasteiger partial charge in [-0.05, 0) is 31.0 Å². The Kier molecular flexibility index (Phi) is 5.89. The van der Waals surface area contributed by atoms with E-state index in [1.807, 2.05) is 31.2 Å². The summed E-state index contributed by atoms with van der Waals surface area (Å²) in [5.41, 5.74) is 1.23. The Balaban J connectivity index is 2.02. The summed E-state index contributed by atoms with van der Waals surface area (Å²) in [5, 5.41) is 11.1. The Morgan fingerprint density at radius 3 is 2.45 bits per heavy atom. The van der Waals surface area contributed by atoms with Gasteiger partial charge in [-0.2, -0.15) is 0 Å². The number of aromatic nitrogens is 2. The molecule has 5 heteroatoms. The Morgan fingerprint density at radius 2 is 1.86 bits per heavy atom. The van der Waals surface area contributed by atoms with Crippen molar-refractivity contribution < 1.29 is 4.79 Å². The third-order valence-electron chi connectivity index (χ3n) is 3.32. The topological polar surface area (TPSA) is 58.1 Å². The second-order valence-corrected chi connectivity index (χ2v) is 5.07. The number of carbonyl (C=O) groups excluding carboxylic acids is 1. The number of rotatable bonds is 7. The first-order valence-electron chi connectivity index (χ1n) is 7.65. The molecule has 0 fully saturated rings. The van der Waals surface area contributed by atoms with E-state index in [9.17, 15) is 4.79 Å². The summed E-state index contributed by atoms with van der Waals surface area (Å²) in [7, 11) is 0. The van der Waals surface area contributed by atoms with Crippen LogP contribution >= 0.6 is 0 Å². The maximum atomic E-state index is 11.5. The molecule has 2 aromatic rings. The Bertz CT molecular complexity index is 583. The minimum absolute atomic E-state index is 0.0267. The zero-order chi connectivity index (χ0) is 15.8. The van der Waals surface area contributed by atoms with E-state index in [1.54, 1.807) is 6.07 Å². The van der Waals surface area contributed by atoms with Crippen LogP contribution in [0.15, 0.2) is 42.5 Å². The molecule has 1 amide bonds. The fourth-order valence-corrected chi connectivity index (χ4v) is 2.15. The number of nitrogens with one attached hydrogen (secondary N) is 1. The van der Waals surface area contributed by atoms with Crippen molar-refractivity contribution in [3.8, 4) is 0 Å². The molecule has 1 aromatic carbocycles. The van der Waals surface area contributed by atoms with Crippen LogP contribution < -0.4 is 10.2 Å². The molecule has 116 valence electrons. The van der Waals surface area contributed by atoms with Crippen molar-refractivity contribution in [2.45, 2.75) is 33.2 Å². The summed E-state index contributed by atoms with van der Waals surface area (Å²) in [6, 6.07) is 13.9. The molecule has 0 saturated carbocycles. The van der Waals surface area contributed by atoms with Crippen molar-refractivity contribution in [2.24, 2.45) is 0 Å². The fraction of sp³-hybridized carbons (Fsp3) is 0.353. The Morgan fingerprint density at radius 1 is 1.09 bits per heavy atom. The molecule has 1 N–H and O–H groups in total. The van der Waals surface area contributed by atoms with Crippen molar-refractivity contribution in [1.82, 2.24) is 10.2 Å². The van der Waals surface area contributed by atoms with Crippen molar-refractivity contribution in [3.63, 3.8) is 0 Å². The van der Waals surface area contributed by atoms with Gasteiger partial charge in [-0.3, -0.25) is 4.79 Å². The van der Waals surface area contributed by atoms with Crippen LogP contribution in [0.5, 0.6) is 0 Å². The van der Waals surface area contributed by atoms with E-state index in [-0.39, 0.29) is 5.91 Å². The van der Waals surface area contributed by atoms with E-state index in [2.05, 4.69) is 39.5 Å². The smallest absolute Gasteiger partial charge is 0.225 e. The van der Waals surface area contributed by atoms with Gasteiger partial charge in [0.2, 0.25) is 5.91 Å². The van der Waals surface area contributed by atoms with Gasteiger partial charge in [0, 0.05) is 19.5 Å². The molecule has 0 unspecified atom stereocenters. The van der Waals surface area contributed by atoms with Crippen LogP contribution in [0.3, 0.4) is 0 Å². The number of anilines is 2. The van der Waals surface area contributed by atoms with Crippen molar-refractivity contribution in [2.75, 3.05) is 16.8 Å². The molecule has 1 aromatic heterocycles. The molecule has 0 bridgehead atoms. The van der Waals surface area contributed by atoms with E-state index in [1.165, 1.54) is 5.56 Å². The molecular weight excluding hydrogens is 276 g/mol. The van der Waals surface area contributed by atoms with Crippen molar-refractivity contribution >= 4 is 17.5 Å². The standard InChI is InChI=1S/C17H22N4O/c1-3-8-17(22)18-15-11-12-16(20-19-15)21(4-2)13-14-9-6-5-7-10-14/h5-7,9-12H,3-4,8,13H2,1-2H3,(H,18,19,22). The number of amides is 1. The van der Waals surface area contributed by atoms with Crippen LogP contribution in [0.2, 0.25) is 0 Å². The van der Waals surface area contributed by atoms with Gasteiger partial charge in [0.1, 0.15) is 0 Å². The van der Waals surface area contributed by atoms with Crippen LogP contribution in [0.25, 0.3) is 0 Å². The molecule has 22 heavy (non-hydrogen) atoms. The minimum Gasteiger partial charge on any atom is -0.351 e. The molecule has 2 rings (SSSR count). The largest absolute Gasteiger partial charge is 0.351 e. The van der Waals surface area contributed by atoms with Crippen LogP contribution in [-0.4, -0.2) is 22.6 Å². The highest BCUT2D eigenvalue weighted by atomic mass is 16.1. The van der Waals surface area contributed by atoms with Gasteiger partial charge >= 0.3 is 0 Å². The second kappa shape index (κ2) is 8.12. The highest BCUT2D eigenvalue weighted by Crippen LogP contribution is 2.15. The molecule has 1 heterocycles. The van der Waals surface area contributed by atoms with E-state index < -0.39 is 0 Å². The number of nitrogens with zero attached hydrogens (tertiary/aromatic N) is 3. The summed E-state index contributed by atoms with van der Waals surface area (Å²) < 4.78 is 0. The molecule has 0 aliphatic rings. The van der Waals surface area contributed by atoms with E-state index in [0.29, 0.717) is 12.2 Å². The third kappa shape index (κ3) is 4.55. The first-order chi connectivity index (χ1) is 10.7. The quantitative estimate of drug-likeness (QED) is 0.852. The first-order valence-corrected chi connectivity index (χ1v) is 7.65. The van der Waals surface area contributed by atoms with Gasteiger partial charge < -0.3 is 10.2 Å². The highest BCUT2D eigenvalue weighted by Gasteiger charge is 2.08. The highest BCUT2D eigenvalue weighted by molar-refractivity contribution is 5.89. The van der Waals surface area contributed by atoms with Gasteiger partial charge in [0.05, 0.1) is 0 Å². The molecule has 5 nitrogen and oxygen atoms in total. The normalized spacial score (nSPS) is 10.3. The molecule has 0 saturated heterocycles. The minimum atomic E-state index is -0.0267. The maximum Gasteiger partial charge on any atom is 0.225 e. The molecular formula is C17H22N4O. The Hall–Kier alpha value is -2.43. The van der Waals surface area contributed by atoms with Crippen LogP contribution in [0.4, 0.5) is 11.6 Å². The summed E-state index contributed by atoms with van der Waals surface area (Å²) in [6.07, 6.45) is 1.32. The van der Waals surface area contributed by atoms with E-state index >= 15 is 0 Å². The third-order valence-corrected chi connectivity index (χ3v) is 3.32. The van der Waals surface area contributed by atoms with Gasteiger partial charge in [-0.15, -0.1) is 10.2 Å². The van der Waals surface area contributed by atoms with Crippen molar-refractivity contribution in [3.05, 3.63) is 48.0 Å². The zero-order valence-corrected chi connectivity index (χ0v) is 13.1. The van der Waals surface area contributed by atoms with E-state index in [4.69, 9.17) is 0 Å². The molecule has 0 radical (unpaired) electrons. The number of hydrogen-bond acceptors (Lipinski definition) is 4.